The van der Waals surface area contributed by atoms with Crippen LogP contribution < -0.4 is 5.32 Å². The van der Waals surface area contributed by atoms with Crippen LogP contribution in [0, 0.1) is 0 Å². The highest BCUT2D eigenvalue weighted by Crippen LogP contribution is 2.23. The standard InChI is InChI=1S/C18H20Cl2N2O3S/c1-13(15-6-4-3-5-7-15)21-18(23)12-22(26(2,24)25)11-14-8-9-16(19)17(20)10-14/h3-10,13H,11-12H2,1-2H3,(H,21,23)/t13-/m1/s1. The van der Waals surface area contributed by atoms with Crippen LogP contribution in [0.5, 0.6) is 0 Å². The second kappa shape index (κ2) is 8.86. The zero-order valence-electron chi connectivity index (χ0n) is 14.4. The number of sulfonamides is 1. The fraction of sp³-hybridized carbons (Fsp3) is 0.278. The van der Waals surface area contributed by atoms with E-state index in [1.54, 1.807) is 18.2 Å². The second-order valence-corrected chi connectivity index (χ2v) is 8.78. The van der Waals surface area contributed by atoms with Crippen molar-refractivity contribution in [2.45, 2.75) is 19.5 Å². The molecule has 2 rings (SSSR count). The van der Waals surface area contributed by atoms with E-state index in [1.165, 1.54) is 0 Å². The van der Waals surface area contributed by atoms with Crippen molar-refractivity contribution in [1.29, 1.82) is 0 Å². The molecule has 0 aliphatic rings. The predicted octanol–water partition coefficient (Wildman–Crippen LogP) is 3.63. The number of carbonyl (C=O) groups is 1. The Hall–Kier alpha value is -1.60. The molecule has 5 nitrogen and oxygen atoms in total. The average Bonchev–Trinajstić information content (AvgIpc) is 2.57. The smallest absolute Gasteiger partial charge is 0.235 e. The quantitative estimate of drug-likeness (QED) is 0.751. The minimum atomic E-state index is -3.59. The lowest BCUT2D eigenvalue weighted by Gasteiger charge is -2.21. The topological polar surface area (TPSA) is 66.5 Å². The van der Waals surface area contributed by atoms with Crippen molar-refractivity contribution in [3.05, 3.63) is 69.7 Å². The van der Waals surface area contributed by atoms with Crippen LogP contribution in [-0.2, 0) is 21.4 Å². The lowest BCUT2D eigenvalue weighted by Crippen LogP contribution is -2.40. The first-order chi connectivity index (χ1) is 12.2. The minimum Gasteiger partial charge on any atom is -0.348 e. The first kappa shape index (κ1) is 20.7. The average molecular weight is 415 g/mol. The third kappa shape index (κ3) is 5.99. The number of hydrogen-bond donors (Lipinski definition) is 1. The maximum atomic E-state index is 12.3. The molecule has 0 fully saturated rings. The first-order valence-electron chi connectivity index (χ1n) is 7.90. The summed E-state index contributed by atoms with van der Waals surface area (Å²) in [5.41, 5.74) is 1.59. The summed E-state index contributed by atoms with van der Waals surface area (Å²) in [5.74, 6) is -0.383. The molecule has 1 amide bonds. The van der Waals surface area contributed by atoms with Crippen molar-refractivity contribution in [3.63, 3.8) is 0 Å². The summed E-state index contributed by atoms with van der Waals surface area (Å²) in [6.45, 7) is 1.59. The van der Waals surface area contributed by atoms with Crippen molar-refractivity contribution in [2.75, 3.05) is 12.8 Å². The first-order valence-corrected chi connectivity index (χ1v) is 10.5. The van der Waals surface area contributed by atoms with Crippen molar-refractivity contribution in [2.24, 2.45) is 0 Å². The van der Waals surface area contributed by atoms with E-state index in [2.05, 4.69) is 5.32 Å². The Morgan fingerprint density at radius 3 is 2.35 bits per heavy atom. The third-order valence-electron chi connectivity index (χ3n) is 3.81. The van der Waals surface area contributed by atoms with Crippen LogP contribution in [0.15, 0.2) is 48.5 Å². The molecule has 0 aromatic heterocycles. The number of halogens is 2. The van der Waals surface area contributed by atoms with E-state index < -0.39 is 10.0 Å². The predicted molar refractivity (Wildman–Crippen MR) is 105 cm³/mol. The van der Waals surface area contributed by atoms with Crippen molar-refractivity contribution < 1.29 is 13.2 Å². The molecule has 1 atom stereocenters. The van der Waals surface area contributed by atoms with E-state index >= 15 is 0 Å². The van der Waals surface area contributed by atoms with Crippen LogP contribution in [0.25, 0.3) is 0 Å². The van der Waals surface area contributed by atoms with E-state index in [4.69, 9.17) is 23.2 Å². The number of nitrogens with zero attached hydrogens (tertiary/aromatic N) is 1. The van der Waals surface area contributed by atoms with Gasteiger partial charge in [-0.1, -0.05) is 59.6 Å². The molecule has 0 spiro atoms. The van der Waals surface area contributed by atoms with Gasteiger partial charge in [0.1, 0.15) is 0 Å². The van der Waals surface area contributed by atoms with E-state index in [-0.39, 0.29) is 25.0 Å². The fourth-order valence-corrected chi connectivity index (χ4v) is 3.46. The Bertz CT molecular complexity index is 873. The number of nitrogens with one attached hydrogen (secondary N) is 1. The SMILES string of the molecule is C[C@@H](NC(=O)CN(Cc1ccc(Cl)c(Cl)c1)S(C)(=O)=O)c1ccccc1. The number of benzene rings is 2. The normalized spacial score (nSPS) is 12.8. The summed E-state index contributed by atoms with van der Waals surface area (Å²) in [6, 6.07) is 14.1. The number of amides is 1. The second-order valence-electron chi connectivity index (χ2n) is 5.98. The van der Waals surface area contributed by atoms with Gasteiger partial charge in [0, 0.05) is 6.54 Å². The molecule has 0 aliphatic carbocycles. The highest BCUT2D eigenvalue weighted by atomic mass is 35.5. The van der Waals surface area contributed by atoms with Crippen molar-refractivity contribution in [3.8, 4) is 0 Å². The van der Waals surface area contributed by atoms with Gasteiger partial charge in [-0.25, -0.2) is 8.42 Å². The van der Waals surface area contributed by atoms with E-state index in [1.807, 2.05) is 37.3 Å². The van der Waals surface area contributed by atoms with Crippen LogP contribution in [0.3, 0.4) is 0 Å². The van der Waals surface area contributed by atoms with Gasteiger partial charge in [0.2, 0.25) is 15.9 Å². The van der Waals surface area contributed by atoms with E-state index in [0.29, 0.717) is 15.6 Å². The molecular formula is C18H20Cl2N2O3S. The molecule has 2 aromatic rings. The summed E-state index contributed by atoms with van der Waals surface area (Å²) < 4.78 is 25.2. The molecule has 0 aliphatic heterocycles. The summed E-state index contributed by atoms with van der Waals surface area (Å²) in [5, 5.41) is 3.53. The van der Waals surface area contributed by atoms with E-state index in [9.17, 15) is 13.2 Å². The van der Waals surface area contributed by atoms with Gasteiger partial charge in [0.05, 0.1) is 28.9 Å². The minimum absolute atomic E-state index is 0.0306. The van der Waals surface area contributed by atoms with Gasteiger partial charge >= 0.3 is 0 Å². The van der Waals surface area contributed by atoms with Gasteiger partial charge < -0.3 is 5.32 Å². The van der Waals surface area contributed by atoms with Gasteiger partial charge in [-0.15, -0.1) is 0 Å². The van der Waals surface area contributed by atoms with Crippen LogP contribution in [-0.4, -0.2) is 31.4 Å². The number of rotatable bonds is 7. The molecular weight excluding hydrogens is 395 g/mol. The highest BCUT2D eigenvalue weighted by Gasteiger charge is 2.22. The van der Waals surface area contributed by atoms with Crippen molar-refractivity contribution in [1.82, 2.24) is 9.62 Å². The molecule has 0 radical (unpaired) electrons. The highest BCUT2D eigenvalue weighted by molar-refractivity contribution is 7.88. The Kier molecular flexibility index (Phi) is 7.06. The van der Waals surface area contributed by atoms with Gasteiger partial charge in [0.15, 0.2) is 0 Å². The lowest BCUT2D eigenvalue weighted by molar-refractivity contribution is -0.122. The Morgan fingerprint density at radius 2 is 1.77 bits per heavy atom. The Morgan fingerprint density at radius 1 is 1.12 bits per heavy atom. The van der Waals surface area contributed by atoms with Crippen LogP contribution >= 0.6 is 23.2 Å². The third-order valence-corrected chi connectivity index (χ3v) is 5.74. The lowest BCUT2D eigenvalue weighted by atomic mass is 10.1. The maximum Gasteiger partial charge on any atom is 0.235 e. The number of carbonyl (C=O) groups excluding carboxylic acids is 1. The summed E-state index contributed by atoms with van der Waals surface area (Å²) >= 11 is 11.9. The monoisotopic (exact) mass is 414 g/mol. The molecule has 0 heterocycles. The largest absolute Gasteiger partial charge is 0.348 e. The maximum absolute atomic E-state index is 12.3. The Balaban J connectivity index is 2.07. The molecule has 0 bridgehead atoms. The summed E-state index contributed by atoms with van der Waals surface area (Å²) in [6.07, 6.45) is 1.07. The fourth-order valence-electron chi connectivity index (χ4n) is 2.40. The van der Waals surface area contributed by atoms with Crippen LogP contribution in [0.1, 0.15) is 24.1 Å². The molecule has 0 saturated carbocycles. The zero-order valence-corrected chi connectivity index (χ0v) is 16.8. The van der Waals surface area contributed by atoms with Crippen molar-refractivity contribution >= 4 is 39.1 Å². The van der Waals surface area contributed by atoms with Gasteiger partial charge in [-0.05, 0) is 30.2 Å². The van der Waals surface area contributed by atoms with Gasteiger partial charge in [0.25, 0.3) is 0 Å². The molecule has 0 unspecified atom stereocenters. The van der Waals surface area contributed by atoms with E-state index in [0.717, 1.165) is 16.1 Å². The van der Waals surface area contributed by atoms with Gasteiger partial charge in [-0.3, -0.25) is 4.79 Å². The molecule has 0 saturated heterocycles. The molecule has 8 heteroatoms. The zero-order chi connectivity index (χ0) is 19.3. The number of hydrogen-bond acceptors (Lipinski definition) is 3. The summed E-state index contributed by atoms with van der Waals surface area (Å²) in [4.78, 5) is 12.3. The van der Waals surface area contributed by atoms with Gasteiger partial charge in [-0.2, -0.15) is 4.31 Å². The van der Waals surface area contributed by atoms with Crippen LogP contribution in [0.2, 0.25) is 10.0 Å². The van der Waals surface area contributed by atoms with Crippen LogP contribution in [0.4, 0.5) is 0 Å². The Labute approximate surface area is 164 Å². The molecule has 1 N–H and O–H groups in total. The summed E-state index contributed by atoms with van der Waals surface area (Å²) in [7, 11) is -3.59. The molecule has 2 aromatic carbocycles. The molecule has 140 valence electrons. The molecule has 26 heavy (non-hydrogen) atoms.